The fraction of sp³-hybridized carbons (Fsp3) is 0.333. The Hall–Kier alpha value is -2.76. The van der Waals surface area contributed by atoms with E-state index < -0.39 is 0 Å². The number of ether oxygens (including phenoxy) is 2. The Morgan fingerprint density at radius 1 is 1.21 bits per heavy atom. The summed E-state index contributed by atoms with van der Waals surface area (Å²) in [5.74, 6) is 1.99. The second kappa shape index (κ2) is 9.39. The van der Waals surface area contributed by atoms with Crippen LogP contribution < -0.4 is 20.5 Å². The van der Waals surface area contributed by atoms with Crippen molar-refractivity contribution in [1.82, 2.24) is 10.3 Å². The summed E-state index contributed by atoms with van der Waals surface area (Å²) < 4.78 is 10.9. The van der Waals surface area contributed by atoms with Gasteiger partial charge in [-0.3, -0.25) is 4.98 Å². The lowest BCUT2D eigenvalue weighted by Gasteiger charge is -2.13. The summed E-state index contributed by atoms with van der Waals surface area (Å²) in [6, 6.07) is 13.3. The lowest BCUT2D eigenvalue weighted by atomic mass is 10.3. The molecule has 0 saturated heterocycles. The van der Waals surface area contributed by atoms with Gasteiger partial charge in [0, 0.05) is 24.9 Å². The predicted molar refractivity (Wildman–Crippen MR) is 95.5 cm³/mol. The highest BCUT2D eigenvalue weighted by atomic mass is 16.5. The van der Waals surface area contributed by atoms with Crippen molar-refractivity contribution in [3.05, 3.63) is 54.4 Å². The lowest BCUT2D eigenvalue weighted by molar-refractivity contribution is 0.230. The number of pyridine rings is 1. The van der Waals surface area contributed by atoms with Crippen LogP contribution in [-0.2, 0) is 6.42 Å². The molecule has 1 atom stereocenters. The zero-order chi connectivity index (χ0) is 17.2. The summed E-state index contributed by atoms with van der Waals surface area (Å²) in [6.45, 7) is 3.13. The molecule has 6 nitrogen and oxygen atoms in total. The van der Waals surface area contributed by atoms with Gasteiger partial charge in [0.05, 0.1) is 13.7 Å². The van der Waals surface area contributed by atoms with Crippen LogP contribution in [-0.4, -0.2) is 37.2 Å². The van der Waals surface area contributed by atoms with E-state index >= 15 is 0 Å². The molecule has 24 heavy (non-hydrogen) atoms. The first-order chi connectivity index (χ1) is 11.7. The lowest BCUT2D eigenvalue weighted by Crippen LogP contribution is -2.34. The third-order valence-corrected chi connectivity index (χ3v) is 3.33. The minimum atomic E-state index is -0.0745. The molecular weight excluding hydrogens is 304 g/mol. The molecular formula is C18H24N4O2. The molecule has 0 aliphatic carbocycles. The smallest absolute Gasteiger partial charge is 0.188 e. The number of nitrogens with two attached hydrogens (primary N) is 1. The van der Waals surface area contributed by atoms with E-state index in [1.54, 1.807) is 13.3 Å². The van der Waals surface area contributed by atoms with Crippen molar-refractivity contribution in [2.75, 3.05) is 20.2 Å². The van der Waals surface area contributed by atoms with E-state index in [0.717, 1.165) is 23.6 Å². The van der Waals surface area contributed by atoms with Gasteiger partial charge in [-0.1, -0.05) is 6.07 Å². The predicted octanol–water partition coefficient (Wildman–Crippen LogP) is 2.00. The number of aliphatic imine (C=N–C) groups is 1. The van der Waals surface area contributed by atoms with Crippen LogP contribution in [0.4, 0.5) is 0 Å². The Bertz CT molecular complexity index is 629. The Morgan fingerprint density at radius 2 is 1.96 bits per heavy atom. The molecule has 1 aromatic heterocycles. The van der Waals surface area contributed by atoms with Gasteiger partial charge < -0.3 is 20.5 Å². The van der Waals surface area contributed by atoms with Gasteiger partial charge in [-0.25, -0.2) is 4.99 Å². The summed E-state index contributed by atoms with van der Waals surface area (Å²) in [4.78, 5) is 8.56. The van der Waals surface area contributed by atoms with Crippen LogP contribution in [0.5, 0.6) is 11.5 Å². The van der Waals surface area contributed by atoms with Crippen LogP contribution >= 0.6 is 0 Å². The maximum absolute atomic E-state index is 5.86. The molecule has 2 aromatic rings. The SMILES string of the molecule is COc1ccc(OC(C)CN=C(N)NCCc2ccccn2)cc1. The summed E-state index contributed by atoms with van der Waals surface area (Å²) in [5.41, 5.74) is 6.89. The monoisotopic (exact) mass is 328 g/mol. The van der Waals surface area contributed by atoms with Crippen molar-refractivity contribution in [3.8, 4) is 11.5 Å². The molecule has 0 bridgehead atoms. The van der Waals surface area contributed by atoms with Crippen LogP contribution in [0.2, 0.25) is 0 Å². The van der Waals surface area contributed by atoms with Crippen LogP contribution in [0.25, 0.3) is 0 Å². The van der Waals surface area contributed by atoms with Crippen LogP contribution in [0.1, 0.15) is 12.6 Å². The molecule has 6 heteroatoms. The fourth-order valence-electron chi connectivity index (χ4n) is 2.07. The summed E-state index contributed by atoms with van der Waals surface area (Å²) >= 11 is 0. The summed E-state index contributed by atoms with van der Waals surface area (Å²) in [6.07, 6.45) is 2.51. The Balaban J connectivity index is 1.70. The molecule has 1 heterocycles. The van der Waals surface area contributed by atoms with E-state index in [1.165, 1.54) is 0 Å². The fourth-order valence-corrected chi connectivity index (χ4v) is 2.07. The molecule has 3 N–H and O–H groups in total. The minimum Gasteiger partial charge on any atom is -0.497 e. The number of benzene rings is 1. The van der Waals surface area contributed by atoms with E-state index in [2.05, 4.69) is 15.3 Å². The number of methoxy groups -OCH3 is 1. The maximum atomic E-state index is 5.86. The quantitative estimate of drug-likeness (QED) is 0.572. The summed E-state index contributed by atoms with van der Waals surface area (Å²) in [7, 11) is 1.64. The highest BCUT2D eigenvalue weighted by molar-refractivity contribution is 5.77. The van der Waals surface area contributed by atoms with Gasteiger partial charge in [-0.2, -0.15) is 0 Å². The van der Waals surface area contributed by atoms with Gasteiger partial charge in [-0.15, -0.1) is 0 Å². The van der Waals surface area contributed by atoms with Crippen LogP contribution in [0, 0.1) is 0 Å². The molecule has 128 valence electrons. The number of hydrogen-bond acceptors (Lipinski definition) is 4. The molecule has 0 amide bonds. The van der Waals surface area contributed by atoms with Gasteiger partial charge in [0.25, 0.3) is 0 Å². The Kier molecular flexibility index (Phi) is 6.89. The molecule has 0 saturated carbocycles. The van der Waals surface area contributed by atoms with E-state index in [4.69, 9.17) is 15.2 Å². The number of aromatic nitrogens is 1. The van der Waals surface area contributed by atoms with Crippen molar-refractivity contribution >= 4 is 5.96 Å². The number of rotatable bonds is 8. The average molecular weight is 328 g/mol. The second-order valence-electron chi connectivity index (χ2n) is 5.33. The highest BCUT2D eigenvalue weighted by Gasteiger charge is 2.04. The first-order valence-corrected chi connectivity index (χ1v) is 7.92. The van der Waals surface area contributed by atoms with E-state index in [0.29, 0.717) is 19.0 Å². The Labute approximate surface area is 142 Å². The first kappa shape index (κ1) is 17.6. The molecule has 0 aliphatic rings. The summed E-state index contributed by atoms with van der Waals surface area (Å²) in [5, 5.41) is 3.08. The standard InChI is InChI=1S/C18H24N4O2/c1-14(24-17-8-6-16(23-2)7-9-17)13-22-18(19)21-12-10-15-5-3-4-11-20-15/h3-9,11,14H,10,12-13H2,1-2H3,(H3,19,21,22). The molecule has 1 unspecified atom stereocenters. The van der Waals surface area contributed by atoms with Crippen LogP contribution in [0.15, 0.2) is 53.7 Å². The largest absolute Gasteiger partial charge is 0.497 e. The van der Waals surface area contributed by atoms with Crippen molar-refractivity contribution in [1.29, 1.82) is 0 Å². The third kappa shape index (κ3) is 6.16. The zero-order valence-electron chi connectivity index (χ0n) is 14.1. The van der Waals surface area contributed by atoms with Gasteiger partial charge in [-0.05, 0) is 43.3 Å². The Morgan fingerprint density at radius 3 is 2.62 bits per heavy atom. The molecule has 0 spiro atoms. The normalized spacial score (nSPS) is 12.5. The van der Waals surface area contributed by atoms with Crippen molar-refractivity contribution in [2.24, 2.45) is 10.7 Å². The van der Waals surface area contributed by atoms with Gasteiger partial charge >= 0.3 is 0 Å². The molecule has 0 fully saturated rings. The number of nitrogens with zero attached hydrogens (tertiary/aromatic N) is 2. The zero-order valence-corrected chi connectivity index (χ0v) is 14.1. The van der Waals surface area contributed by atoms with E-state index in [-0.39, 0.29) is 6.10 Å². The number of nitrogens with one attached hydrogen (secondary N) is 1. The average Bonchev–Trinajstić information content (AvgIpc) is 2.61. The van der Waals surface area contributed by atoms with Gasteiger partial charge in [0.1, 0.15) is 17.6 Å². The van der Waals surface area contributed by atoms with Gasteiger partial charge in [0.15, 0.2) is 5.96 Å². The van der Waals surface area contributed by atoms with Crippen molar-refractivity contribution < 1.29 is 9.47 Å². The highest BCUT2D eigenvalue weighted by Crippen LogP contribution is 2.18. The third-order valence-electron chi connectivity index (χ3n) is 3.33. The maximum Gasteiger partial charge on any atom is 0.188 e. The molecule has 0 radical (unpaired) electrons. The first-order valence-electron chi connectivity index (χ1n) is 7.92. The second-order valence-corrected chi connectivity index (χ2v) is 5.33. The number of hydrogen-bond donors (Lipinski definition) is 2. The van der Waals surface area contributed by atoms with E-state index in [9.17, 15) is 0 Å². The molecule has 2 rings (SSSR count). The van der Waals surface area contributed by atoms with Crippen LogP contribution in [0.3, 0.4) is 0 Å². The molecule has 0 aliphatic heterocycles. The van der Waals surface area contributed by atoms with Gasteiger partial charge in [0.2, 0.25) is 0 Å². The molecule has 1 aromatic carbocycles. The van der Waals surface area contributed by atoms with E-state index in [1.807, 2.05) is 49.4 Å². The minimum absolute atomic E-state index is 0.0745. The topological polar surface area (TPSA) is 81.8 Å². The number of guanidine groups is 1. The van der Waals surface area contributed by atoms with Crippen molar-refractivity contribution in [2.45, 2.75) is 19.4 Å². The van der Waals surface area contributed by atoms with Crippen molar-refractivity contribution in [3.63, 3.8) is 0 Å².